The number of hydrogen-bond donors (Lipinski definition) is 2. The van der Waals surface area contributed by atoms with Gasteiger partial charge in [0, 0.05) is 30.4 Å². The Morgan fingerprint density at radius 1 is 1.42 bits per heavy atom. The maximum absolute atomic E-state index is 12.3. The zero-order valence-corrected chi connectivity index (χ0v) is 10.4. The van der Waals surface area contributed by atoms with Gasteiger partial charge in [0.05, 0.1) is 18.3 Å². The first-order chi connectivity index (χ1) is 9.24. The van der Waals surface area contributed by atoms with E-state index >= 15 is 0 Å². The Labute approximate surface area is 109 Å². The van der Waals surface area contributed by atoms with Crippen molar-refractivity contribution in [2.24, 2.45) is 0 Å². The highest BCUT2D eigenvalue weighted by Crippen LogP contribution is 2.14. The number of aromatic amines is 2. The predicted molar refractivity (Wildman–Crippen MR) is 70.5 cm³/mol. The average molecular weight is 255 g/mol. The third-order valence-corrected chi connectivity index (χ3v) is 2.98. The van der Waals surface area contributed by atoms with Crippen molar-refractivity contribution in [3.63, 3.8) is 0 Å². The molecule has 1 aromatic carbocycles. The number of benzene rings is 1. The van der Waals surface area contributed by atoms with Crippen LogP contribution in [0.1, 0.15) is 16.2 Å². The van der Waals surface area contributed by atoms with Gasteiger partial charge >= 0.3 is 0 Å². The molecular weight excluding hydrogens is 242 g/mol. The zero-order chi connectivity index (χ0) is 13.2. The van der Waals surface area contributed by atoms with Crippen LogP contribution in [0.2, 0.25) is 0 Å². The van der Waals surface area contributed by atoms with Crippen molar-refractivity contribution in [1.82, 2.24) is 25.1 Å². The van der Waals surface area contributed by atoms with E-state index in [0.29, 0.717) is 12.1 Å². The molecule has 1 amide bonds. The summed E-state index contributed by atoms with van der Waals surface area (Å²) in [6.07, 6.45) is 5.14. The van der Waals surface area contributed by atoms with E-state index in [0.717, 1.165) is 16.7 Å². The summed E-state index contributed by atoms with van der Waals surface area (Å²) in [7, 11) is 1.75. The molecule has 0 saturated heterocycles. The Hall–Kier alpha value is -2.63. The van der Waals surface area contributed by atoms with E-state index in [4.69, 9.17) is 0 Å². The first-order valence-corrected chi connectivity index (χ1v) is 5.91. The maximum atomic E-state index is 12.3. The molecule has 3 aromatic rings. The highest BCUT2D eigenvalue weighted by Gasteiger charge is 2.13. The molecule has 0 aliphatic rings. The van der Waals surface area contributed by atoms with E-state index in [-0.39, 0.29) is 5.91 Å². The fourth-order valence-corrected chi connectivity index (χ4v) is 1.97. The zero-order valence-electron chi connectivity index (χ0n) is 10.4. The molecule has 0 aliphatic carbocycles. The molecule has 0 radical (unpaired) electrons. The van der Waals surface area contributed by atoms with Crippen LogP contribution in [0.4, 0.5) is 0 Å². The Morgan fingerprint density at radius 2 is 2.32 bits per heavy atom. The summed E-state index contributed by atoms with van der Waals surface area (Å²) in [5.41, 5.74) is 1.49. The van der Waals surface area contributed by atoms with Crippen LogP contribution in [0.25, 0.3) is 10.9 Å². The predicted octanol–water partition coefficient (Wildman–Crippen LogP) is 1.56. The summed E-state index contributed by atoms with van der Waals surface area (Å²) in [6.45, 7) is 0.451. The first-order valence-electron chi connectivity index (χ1n) is 5.91. The van der Waals surface area contributed by atoms with Crippen LogP contribution in [-0.4, -0.2) is 38.0 Å². The summed E-state index contributed by atoms with van der Waals surface area (Å²) in [6, 6.07) is 5.49. The van der Waals surface area contributed by atoms with Gasteiger partial charge in [-0.05, 0) is 12.1 Å². The highest BCUT2D eigenvalue weighted by atomic mass is 16.2. The second-order valence-electron chi connectivity index (χ2n) is 4.37. The fraction of sp³-hybridized carbons (Fsp3) is 0.154. The van der Waals surface area contributed by atoms with Gasteiger partial charge in [-0.2, -0.15) is 5.10 Å². The summed E-state index contributed by atoms with van der Waals surface area (Å²) in [4.78, 5) is 21.0. The normalized spacial score (nSPS) is 10.8. The van der Waals surface area contributed by atoms with E-state index in [2.05, 4.69) is 20.2 Å². The van der Waals surface area contributed by atoms with Crippen molar-refractivity contribution in [3.8, 4) is 0 Å². The molecule has 2 N–H and O–H groups in total. The van der Waals surface area contributed by atoms with E-state index < -0.39 is 0 Å². The quantitative estimate of drug-likeness (QED) is 0.745. The molecule has 96 valence electrons. The van der Waals surface area contributed by atoms with Crippen LogP contribution in [0.3, 0.4) is 0 Å². The van der Waals surface area contributed by atoms with Crippen molar-refractivity contribution in [2.75, 3.05) is 7.05 Å². The molecule has 6 heteroatoms. The number of imidazole rings is 1. The lowest BCUT2D eigenvalue weighted by Crippen LogP contribution is -2.26. The van der Waals surface area contributed by atoms with Crippen LogP contribution in [0.15, 0.2) is 36.8 Å². The largest absolute Gasteiger partial charge is 0.347 e. The van der Waals surface area contributed by atoms with Crippen LogP contribution in [0, 0.1) is 0 Å². The highest BCUT2D eigenvalue weighted by molar-refractivity contribution is 5.97. The number of aromatic nitrogens is 4. The van der Waals surface area contributed by atoms with E-state index in [9.17, 15) is 4.79 Å². The molecule has 0 unspecified atom stereocenters. The van der Waals surface area contributed by atoms with Gasteiger partial charge in [-0.1, -0.05) is 6.07 Å². The minimum atomic E-state index is -0.0482. The number of hydrogen-bond acceptors (Lipinski definition) is 3. The Morgan fingerprint density at radius 3 is 3.11 bits per heavy atom. The molecule has 0 spiro atoms. The molecule has 0 atom stereocenters. The average Bonchev–Trinajstić information content (AvgIpc) is 3.07. The van der Waals surface area contributed by atoms with E-state index in [1.54, 1.807) is 36.6 Å². The molecule has 19 heavy (non-hydrogen) atoms. The number of amides is 1. The van der Waals surface area contributed by atoms with Gasteiger partial charge < -0.3 is 9.88 Å². The van der Waals surface area contributed by atoms with Gasteiger partial charge in [-0.3, -0.25) is 9.89 Å². The number of nitrogens with one attached hydrogen (secondary N) is 2. The summed E-state index contributed by atoms with van der Waals surface area (Å²) in [5, 5.41) is 7.79. The third kappa shape index (κ3) is 2.20. The maximum Gasteiger partial charge on any atom is 0.254 e. The third-order valence-electron chi connectivity index (χ3n) is 2.98. The molecule has 6 nitrogen and oxygen atoms in total. The van der Waals surface area contributed by atoms with Crippen molar-refractivity contribution >= 4 is 16.8 Å². The molecule has 2 heterocycles. The topological polar surface area (TPSA) is 77.7 Å². The molecule has 0 saturated carbocycles. The summed E-state index contributed by atoms with van der Waals surface area (Å²) >= 11 is 0. The number of H-pyrrole nitrogens is 2. The van der Waals surface area contributed by atoms with Crippen LogP contribution in [0.5, 0.6) is 0 Å². The SMILES string of the molecule is CN(Cc1ncc[nH]1)C(=O)c1ccc2cn[nH]c2c1. The monoisotopic (exact) mass is 255 g/mol. The van der Waals surface area contributed by atoms with Gasteiger partial charge in [0.1, 0.15) is 5.82 Å². The lowest BCUT2D eigenvalue weighted by atomic mass is 10.1. The van der Waals surface area contributed by atoms with Crippen molar-refractivity contribution in [1.29, 1.82) is 0 Å². The van der Waals surface area contributed by atoms with Crippen molar-refractivity contribution in [2.45, 2.75) is 6.54 Å². The summed E-state index contributed by atoms with van der Waals surface area (Å²) in [5.74, 6) is 0.714. The second-order valence-corrected chi connectivity index (χ2v) is 4.37. The smallest absolute Gasteiger partial charge is 0.254 e. The van der Waals surface area contributed by atoms with Crippen LogP contribution >= 0.6 is 0 Å². The molecular formula is C13H13N5O. The molecule has 0 bridgehead atoms. The summed E-state index contributed by atoms with van der Waals surface area (Å²) < 4.78 is 0. The Bertz CT molecular complexity index is 701. The molecule has 0 aliphatic heterocycles. The molecule has 2 aromatic heterocycles. The number of carbonyl (C=O) groups excluding carboxylic acids is 1. The standard InChI is InChI=1S/C13H13N5O/c1-18(8-12-14-4-5-15-12)13(19)9-2-3-10-7-16-17-11(10)6-9/h2-7H,8H2,1H3,(H,14,15)(H,16,17). The van der Waals surface area contributed by atoms with Gasteiger partial charge in [0.15, 0.2) is 0 Å². The minimum absolute atomic E-state index is 0.0482. The van der Waals surface area contributed by atoms with Crippen LogP contribution < -0.4 is 0 Å². The first kappa shape index (κ1) is 11.5. The Kier molecular flexibility index (Phi) is 2.75. The van der Waals surface area contributed by atoms with Gasteiger partial charge in [-0.25, -0.2) is 4.98 Å². The molecule has 3 rings (SSSR count). The van der Waals surface area contributed by atoms with Crippen molar-refractivity contribution < 1.29 is 4.79 Å². The fourth-order valence-electron chi connectivity index (χ4n) is 1.97. The van der Waals surface area contributed by atoms with Gasteiger partial charge in [0.25, 0.3) is 5.91 Å². The van der Waals surface area contributed by atoms with Crippen molar-refractivity contribution in [3.05, 3.63) is 48.2 Å². The molecule has 0 fully saturated rings. The minimum Gasteiger partial charge on any atom is -0.347 e. The lowest BCUT2D eigenvalue weighted by molar-refractivity contribution is 0.0782. The lowest BCUT2D eigenvalue weighted by Gasteiger charge is -2.15. The van der Waals surface area contributed by atoms with Gasteiger partial charge in [0.2, 0.25) is 0 Å². The van der Waals surface area contributed by atoms with Crippen LogP contribution in [-0.2, 0) is 6.54 Å². The van der Waals surface area contributed by atoms with E-state index in [1.165, 1.54) is 0 Å². The van der Waals surface area contributed by atoms with Gasteiger partial charge in [-0.15, -0.1) is 0 Å². The number of fused-ring (bicyclic) bond motifs is 1. The number of nitrogens with zero attached hydrogens (tertiary/aromatic N) is 3. The van der Waals surface area contributed by atoms with E-state index in [1.807, 2.05) is 12.1 Å². The second kappa shape index (κ2) is 4.56. The Balaban J connectivity index is 1.82. The number of carbonyl (C=O) groups is 1. The number of rotatable bonds is 3.